The van der Waals surface area contributed by atoms with Crippen LogP contribution in [0.5, 0.6) is 0 Å². The van der Waals surface area contributed by atoms with Crippen molar-refractivity contribution >= 4 is 11.6 Å². The Morgan fingerprint density at radius 2 is 1.96 bits per heavy atom. The zero-order valence-corrected chi connectivity index (χ0v) is 15.4. The number of hydrogen-bond acceptors (Lipinski definition) is 3. The minimum absolute atomic E-state index is 0.216. The lowest BCUT2D eigenvalue weighted by Crippen LogP contribution is -2.37. The summed E-state index contributed by atoms with van der Waals surface area (Å²) in [5.41, 5.74) is 1.47. The third kappa shape index (κ3) is 7.64. The van der Waals surface area contributed by atoms with Crippen LogP contribution in [0.15, 0.2) is 23.2 Å². The summed E-state index contributed by atoms with van der Waals surface area (Å²) in [5.74, 6) is 0.493. The molecule has 136 valence electrons. The van der Waals surface area contributed by atoms with Crippen LogP contribution in [0.25, 0.3) is 0 Å². The number of rotatable bonds is 10. The van der Waals surface area contributed by atoms with Crippen LogP contribution in [-0.2, 0) is 11.3 Å². The molecule has 0 atom stereocenters. The highest BCUT2D eigenvalue weighted by atomic mass is 19.1. The summed E-state index contributed by atoms with van der Waals surface area (Å²) in [5, 5.41) is 6.42. The van der Waals surface area contributed by atoms with E-state index in [1.54, 1.807) is 24.1 Å². The van der Waals surface area contributed by atoms with Crippen molar-refractivity contribution in [2.75, 3.05) is 45.8 Å². The molecule has 1 rings (SSSR count). The molecule has 2 N–H and O–H groups in total. The first kappa shape index (κ1) is 20.2. The second kappa shape index (κ2) is 11.7. The third-order valence-electron chi connectivity index (χ3n) is 3.58. The summed E-state index contributed by atoms with van der Waals surface area (Å²) in [6.07, 6.45) is 3.20. The lowest BCUT2D eigenvalue weighted by Gasteiger charge is -2.15. The Morgan fingerprint density at radius 3 is 2.58 bits per heavy atom. The first-order chi connectivity index (χ1) is 11.6. The average molecular weight is 338 g/mol. The van der Waals surface area contributed by atoms with Crippen LogP contribution in [0.4, 0.5) is 10.1 Å². The average Bonchev–Trinajstić information content (AvgIpc) is 2.56. The number of benzene rings is 1. The quantitative estimate of drug-likeness (QED) is 0.391. The number of nitrogens with zero attached hydrogens (tertiary/aromatic N) is 2. The second-order valence-electron chi connectivity index (χ2n) is 5.85. The van der Waals surface area contributed by atoms with Gasteiger partial charge in [0.1, 0.15) is 5.82 Å². The molecule has 0 aliphatic rings. The minimum atomic E-state index is -0.216. The highest BCUT2D eigenvalue weighted by Crippen LogP contribution is 2.18. The van der Waals surface area contributed by atoms with Gasteiger partial charge in [-0.05, 0) is 30.5 Å². The summed E-state index contributed by atoms with van der Waals surface area (Å²) in [6, 6.07) is 5.26. The number of anilines is 1. The SMILES string of the molecule is CCCCOCCCNC(=NC)NCc1ccc(N(C)C)c(F)c1. The number of nitrogens with one attached hydrogen (secondary N) is 2. The Kier molecular flexibility index (Phi) is 9.84. The number of halogens is 1. The van der Waals surface area contributed by atoms with Crippen LogP contribution in [0.1, 0.15) is 31.7 Å². The fraction of sp³-hybridized carbons (Fsp3) is 0.611. The van der Waals surface area contributed by atoms with E-state index >= 15 is 0 Å². The largest absolute Gasteiger partial charge is 0.381 e. The standard InChI is InChI=1S/C18H31FN4O/c1-5-6-11-24-12-7-10-21-18(20-2)22-14-15-8-9-17(23(3)4)16(19)13-15/h8-9,13H,5-7,10-12,14H2,1-4H3,(H2,20,21,22). The molecule has 1 aromatic carbocycles. The van der Waals surface area contributed by atoms with Gasteiger partial charge in [0.05, 0.1) is 5.69 Å². The second-order valence-corrected chi connectivity index (χ2v) is 5.85. The number of ether oxygens (including phenoxy) is 1. The first-order valence-electron chi connectivity index (χ1n) is 8.56. The predicted octanol–water partition coefficient (Wildman–Crippen LogP) is 2.76. The molecule has 24 heavy (non-hydrogen) atoms. The molecular weight excluding hydrogens is 307 g/mol. The highest BCUT2D eigenvalue weighted by Gasteiger charge is 2.05. The number of guanidine groups is 1. The fourth-order valence-corrected chi connectivity index (χ4v) is 2.16. The van der Waals surface area contributed by atoms with Gasteiger partial charge in [0, 0.05) is 47.4 Å². The van der Waals surface area contributed by atoms with Crippen molar-refractivity contribution in [1.82, 2.24) is 10.6 Å². The Hall–Kier alpha value is -1.82. The van der Waals surface area contributed by atoms with Crippen LogP contribution in [0.2, 0.25) is 0 Å². The van der Waals surface area contributed by atoms with Gasteiger partial charge in [-0.2, -0.15) is 0 Å². The minimum Gasteiger partial charge on any atom is -0.381 e. The van der Waals surface area contributed by atoms with Crippen molar-refractivity contribution in [1.29, 1.82) is 0 Å². The van der Waals surface area contributed by atoms with Crippen molar-refractivity contribution in [3.8, 4) is 0 Å². The molecule has 6 heteroatoms. The van der Waals surface area contributed by atoms with Gasteiger partial charge >= 0.3 is 0 Å². The maximum atomic E-state index is 14.0. The number of aliphatic imine (C=N–C) groups is 1. The van der Waals surface area contributed by atoms with Crippen molar-refractivity contribution < 1.29 is 9.13 Å². The Labute approximate surface area is 145 Å². The van der Waals surface area contributed by atoms with Gasteiger partial charge in [-0.15, -0.1) is 0 Å². The van der Waals surface area contributed by atoms with Gasteiger partial charge in [0.15, 0.2) is 5.96 Å². The van der Waals surface area contributed by atoms with Crippen molar-refractivity contribution in [2.45, 2.75) is 32.7 Å². The molecule has 0 unspecified atom stereocenters. The van der Waals surface area contributed by atoms with Gasteiger partial charge in [-0.25, -0.2) is 4.39 Å². The molecule has 0 saturated heterocycles. The van der Waals surface area contributed by atoms with E-state index in [2.05, 4.69) is 22.5 Å². The van der Waals surface area contributed by atoms with Crippen LogP contribution < -0.4 is 15.5 Å². The molecule has 0 aliphatic carbocycles. The van der Waals surface area contributed by atoms with Crippen molar-refractivity contribution in [2.24, 2.45) is 4.99 Å². The highest BCUT2D eigenvalue weighted by molar-refractivity contribution is 5.79. The molecule has 0 spiro atoms. The predicted molar refractivity (Wildman–Crippen MR) is 99.3 cm³/mol. The summed E-state index contributed by atoms with van der Waals surface area (Å²) >= 11 is 0. The van der Waals surface area contributed by atoms with Crippen LogP contribution in [-0.4, -0.2) is 46.9 Å². The number of unbranched alkanes of at least 4 members (excludes halogenated alkanes) is 1. The molecule has 1 aromatic rings. The number of hydrogen-bond donors (Lipinski definition) is 2. The summed E-state index contributed by atoms with van der Waals surface area (Å²) < 4.78 is 19.5. The van der Waals surface area contributed by atoms with Crippen LogP contribution in [0, 0.1) is 5.82 Å². The molecule has 0 saturated carbocycles. The molecule has 0 radical (unpaired) electrons. The van der Waals surface area contributed by atoms with Crippen molar-refractivity contribution in [3.05, 3.63) is 29.6 Å². The van der Waals surface area contributed by atoms with E-state index in [1.807, 2.05) is 20.2 Å². The van der Waals surface area contributed by atoms with Gasteiger partial charge in [0.25, 0.3) is 0 Å². The van der Waals surface area contributed by atoms with Gasteiger partial charge < -0.3 is 20.3 Å². The van der Waals surface area contributed by atoms with Crippen LogP contribution in [0.3, 0.4) is 0 Å². The molecule has 0 aliphatic heterocycles. The monoisotopic (exact) mass is 338 g/mol. The van der Waals surface area contributed by atoms with E-state index in [1.165, 1.54) is 0 Å². The van der Waals surface area contributed by atoms with E-state index in [0.29, 0.717) is 18.2 Å². The van der Waals surface area contributed by atoms with Gasteiger partial charge in [-0.3, -0.25) is 4.99 Å². The summed E-state index contributed by atoms with van der Waals surface area (Å²) in [6.45, 7) is 5.05. The summed E-state index contributed by atoms with van der Waals surface area (Å²) in [7, 11) is 5.38. The molecule has 0 bridgehead atoms. The van der Waals surface area contributed by atoms with Crippen LogP contribution >= 0.6 is 0 Å². The smallest absolute Gasteiger partial charge is 0.191 e. The van der Waals surface area contributed by atoms with E-state index in [9.17, 15) is 4.39 Å². The van der Waals surface area contributed by atoms with Crippen molar-refractivity contribution in [3.63, 3.8) is 0 Å². The molecule has 0 amide bonds. The van der Waals surface area contributed by atoms with E-state index in [-0.39, 0.29) is 5.82 Å². The zero-order valence-electron chi connectivity index (χ0n) is 15.4. The lowest BCUT2D eigenvalue weighted by molar-refractivity contribution is 0.129. The maximum Gasteiger partial charge on any atom is 0.191 e. The van der Waals surface area contributed by atoms with E-state index in [0.717, 1.165) is 44.6 Å². The topological polar surface area (TPSA) is 48.9 Å². The van der Waals surface area contributed by atoms with E-state index < -0.39 is 0 Å². The first-order valence-corrected chi connectivity index (χ1v) is 8.56. The van der Waals surface area contributed by atoms with Gasteiger partial charge in [0.2, 0.25) is 0 Å². The normalized spacial score (nSPS) is 11.5. The zero-order chi connectivity index (χ0) is 17.8. The molecular formula is C18H31FN4O. The molecule has 0 fully saturated rings. The Balaban J connectivity index is 2.30. The molecule has 0 heterocycles. The fourth-order valence-electron chi connectivity index (χ4n) is 2.16. The van der Waals surface area contributed by atoms with Gasteiger partial charge in [-0.1, -0.05) is 19.4 Å². The maximum absolute atomic E-state index is 14.0. The van der Waals surface area contributed by atoms with E-state index in [4.69, 9.17) is 4.74 Å². The Morgan fingerprint density at radius 1 is 1.21 bits per heavy atom. The lowest BCUT2D eigenvalue weighted by atomic mass is 10.2. The molecule has 0 aromatic heterocycles. The summed E-state index contributed by atoms with van der Waals surface area (Å²) in [4.78, 5) is 5.93. The molecule has 5 nitrogen and oxygen atoms in total. The third-order valence-corrected chi connectivity index (χ3v) is 3.58. The Bertz CT molecular complexity index is 506.